The predicted octanol–water partition coefficient (Wildman–Crippen LogP) is 2.26. The fourth-order valence-electron chi connectivity index (χ4n) is 2.48. The van der Waals surface area contributed by atoms with Gasteiger partial charge in [-0.2, -0.15) is 0 Å². The first-order valence-electron chi connectivity index (χ1n) is 8.43. The van der Waals surface area contributed by atoms with Gasteiger partial charge in [-0.25, -0.2) is 4.79 Å². The Hall–Kier alpha value is -2.51. The van der Waals surface area contributed by atoms with Crippen LogP contribution in [0.1, 0.15) is 15.9 Å². The van der Waals surface area contributed by atoms with Crippen LogP contribution in [0.4, 0.5) is 0 Å². The molecule has 0 aliphatic rings. The van der Waals surface area contributed by atoms with Crippen LogP contribution in [0.3, 0.4) is 0 Å². The van der Waals surface area contributed by atoms with Crippen molar-refractivity contribution >= 4 is 22.7 Å². The molecule has 144 valence electrons. The summed E-state index contributed by atoms with van der Waals surface area (Å²) < 4.78 is 22.0. The summed E-state index contributed by atoms with van der Waals surface area (Å²) in [6.07, 6.45) is 1.49. The number of rotatable bonds is 9. The largest absolute Gasteiger partial charge is 0.452 e. The summed E-state index contributed by atoms with van der Waals surface area (Å²) in [7, 11) is 0.235. The number of hydrogen-bond donors (Lipinski definition) is 0. The molecule has 2 aromatic rings. The van der Waals surface area contributed by atoms with E-state index in [1.807, 2.05) is 30.3 Å². The fraction of sp³-hybridized carbons (Fsp3) is 0.300. The number of ether oxygens (including phenoxy) is 2. The van der Waals surface area contributed by atoms with E-state index in [2.05, 4.69) is 0 Å². The lowest BCUT2D eigenvalue weighted by atomic mass is 10.2. The lowest BCUT2D eigenvalue weighted by Gasteiger charge is -2.22. The highest BCUT2D eigenvalue weighted by molar-refractivity contribution is 7.84. The van der Waals surface area contributed by atoms with E-state index in [9.17, 15) is 13.8 Å². The zero-order valence-corrected chi connectivity index (χ0v) is 16.2. The molecule has 0 aliphatic carbocycles. The minimum absolute atomic E-state index is 0.206. The van der Waals surface area contributed by atoms with Crippen LogP contribution in [0.25, 0.3) is 0 Å². The Balaban J connectivity index is 2.02. The Labute approximate surface area is 161 Å². The zero-order valence-electron chi connectivity index (χ0n) is 15.4. The fourth-order valence-corrected chi connectivity index (χ4v) is 3.21. The average Bonchev–Trinajstić information content (AvgIpc) is 2.69. The zero-order chi connectivity index (χ0) is 19.6. The van der Waals surface area contributed by atoms with E-state index in [1.54, 1.807) is 30.2 Å². The van der Waals surface area contributed by atoms with Gasteiger partial charge in [-0.15, -0.1) is 0 Å². The second kappa shape index (κ2) is 10.6. The molecular formula is C20H23NO5S. The number of methoxy groups -OCH3 is 1. The summed E-state index contributed by atoms with van der Waals surface area (Å²) in [5.74, 6) is -0.986. The maximum absolute atomic E-state index is 12.5. The van der Waals surface area contributed by atoms with Crippen molar-refractivity contribution in [2.45, 2.75) is 11.4 Å². The first-order valence-corrected chi connectivity index (χ1v) is 9.99. The molecule has 2 aromatic carbocycles. The van der Waals surface area contributed by atoms with Crippen LogP contribution in [-0.4, -0.2) is 54.1 Å². The molecule has 1 amide bonds. The molecule has 27 heavy (non-hydrogen) atoms. The Bertz CT molecular complexity index is 794. The van der Waals surface area contributed by atoms with Gasteiger partial charge in [0.2, 0.25) is 0 Å². The second-order valence-corrected chi connectivity index (χ2v) is 7.17. The Morgan fingerprint density at radius 3 is 2.37 bits per heavy atom. The molecule has 0 saturated carbocycles. The Morgan fingerprint density at radius 2 is 1.70 bits per heavy atom. The molecule has 0 spiro atoms. The van der Waals surface area contributed by atoms with Crippen molar-refractivity contribution in [1.29, 1.82) is 0 Å². The predicted molar refractivity (Wildman–Crippen MR) is 103 cm³/mol. The minimum atomic E-state index is -1.33. The lowest BCUT2D eigenvalue weighted by molar-refractivity contribution is -0.135. The Morgan fingerprint density at radius 1 is 1.04 bits per heavy atom. The van der Waals surface area contributed by atoms with Crippen LogP contribution >= 0.6 is 0 Å². The van der Waals surface area contributed by atoms with Gasteiger partial charge in [0.15, 0.2) is 6.61 Å². The SMILES string of the molecule is COCCN(Cc1ccccc1)C(=O)COC(=O)c1ccccc1[S@@](C)=O. The third-order valence-corrected chi connectivity index (χ3v) is 4.85. The number of esters is 1. The summed E-state index contributed by atoms with van der Waals surface area (Å²) in [5.41, 5.74) is 1.18. The molecule has 0 fully saturated rings. The van der Waals surface area contributed by atoms with E-state index in [0.717, 1.165) is 5.56 Å². The van der Waals surface area contributed by atoms with Gasteiger partial charge in [-0.1, -0.05) is 42.5 Å². The van der Waals surface area contributed by atoms with Crippen molar-refractivity contribution in [2.24, 2.45) is 0 Å². The van der Waals surface area contributed by atoms with E-state index in [1.165, 1.54) is 12.3 Å². The highest BCUT2D eigenvalue weighted by Crippen LogP contribution is 2.14. The maximum Gasteiger partial charge on any atom is 0.339 e. The standard InChI is InChI=1S/C20H23NO5S/c1-25-13-12-21(14-16-8-4-3-5-9-16)19(22)15-26-20(23)17-10-6-7-11-18(17)27(2)24/h3-11H,12-15H2,1-2H3/t27-/m1/s1. The number of hydrogen-bond acceptors (Lipinski definition) is 5. The number of carbonyl (C=O) groups excluding carboxylic acids is 2. The quantitative estimate of drug-likeness (QED) is 0.615. The molecule has 0 N–H and O–H groups in total. The van der Waals surface area contributed by atoms with Gasteiger partial charge in [0, 0.05) is 26.5 Å². The minimum Gasteiger partial charge on any atom is -0.452 e. The average molecular weight is 389 g/mol. The maximum atomic E-state index is 12.5. The van der Waals surface area contributed by atoms with Crippen LogP contribution in [0.5, 0.6) is 0 Å². The summed E-state index contributed by atoms with van der Waals surface area (Å²) in [4.78, 5) is 26.8. The first kappa shape index (κ1) is 20.8. The molecule has 1 atom stereocenters. The van der Waals surface area contributed by atoms with Crippen molar-refractivity contribution in [2.75, 3.05) is 33.1 Å². The summed E-state index contributed by atoms with van der Waals surface area (Å²) in [6.45, 7) is 0.776. The van der Waals surface area contributed by atoms with Gasteiger partial charge in [-0.05, 0) is 17.7 Å². The van der Waals surface area contributed by atoms with E-state index < -0.39 is 16.8 Å². The molecule has 0 bridgehead atoms. The number of carbonyl (C=O) groups is 2. The number of amides is 1. The molecule has 0 unspecified atom stereocenters. The highest BCUT2D eigenvalue weighted by atomic mass is 32.2. The molecule has 0 aromatic heterocycles. The van der Waals surface area contributed by atoms with Crippen molar-refractivity contribution in [1.82, 2.24) is 4.90 Å². The lowest BCUT2D eigenvalue weighted by Crippen LogP contribution is -2.36. The molecule has 7 heteroatoms. The smallest absolute Gasteiger partial charge is 0.339 e. The van der Waals surface area contributed by atoms with Gasteiger partial charge in [0.25, 0.3) is 5.91 Å². The summed E-state index contributed by atoms with van der Waals surface area (Å²) in [6, 6.07) is 16.1. The monoisotopic (exact) mass is 389 g/mol. The van der Waals surface area contributed by atoms with Gasteiger partial charge >= 0.3 is 5.97 Å². The van der Waals surface area contributed by atoms with Crippen molar-refractivity contribution < 1.29 is 23.3 Å². The molecular weight excluding hydrogens is 366 g/mol. The summed E-state index contributed by atoms with van der Waals surface area (Å²) in [5, 5.41) is 0. The van der Waals surface area contributed by atoms with Crippen LogP contribution < -0.4 is 0 Å². The third kappa shape index (κ3) is 6.30. The number of benzene rings is 2. The van der Waals surface area contributed by atoms with Crippen LogP contribution in [0, 0.1) is 0 Å². The Kier molecular flexibility index (Phi) is 8.16. The molecule has 0 radical (unpaired) electrons. The normalized spacial score (nSPS) is 11.6. The van der Waals surface area contributed by atoms with Crippen LogP contribution in [0.15, 0.2) is 59.5 Å². The van der Waals surface area contributed by atoms with E-state index >= 15 is 0 Å². The first-order chi connectivity index (χ1) is 13.0. The summed E-state index contributed by atoms with van der Waals surface area (Å²) >= 11 is 0. The second-order valence-electron chi connectivity index (χ2n) is 5.82. The van der Waals surface area contributed by atoms with Gasteiger partial charge in [0.05, 0.1) is 27.9 Å². The van der Waals surface area contributed by atoms with E-state index in [4.69, 9.17) is 9.47 Å². The molecule has 2 rings (SSSR count). The van der Waals surface area contributed by atoms with Crippen molar-refractivity contribution in [3.8, 4) is 0 Å². The molecule has 0 aliphatic heterocycles. The van der Waals surface area contributed by atoms with E-state index in [0.29, 0.717) is 24.6 Å². The van der Waals surface area contributed by atoms with Crippen molar-refractivity contribution in [3.05, 3.63) is 65.7 Å². The third-order valence-electron chi connectivity index (χ3n) is 3.88. The molecule has 0 heterocycles. The van der Waals surface area contributed by atoms with Crippen LogP contribution in [-0.2, 0) is 31.6 Å². The van der Waals surface area contributed by atoms with Crippen molar-refractivity contribution in [3.63, 3.8) is 0 Å². The number of nitrogens with zero attached hydrogens (tertiary/aromatic N) is 1. The molecule has 0 saturated heterocycles. The van der Waals surface area contributed by atoms with Gasteiger partial charge in [0.1, 0.15) is 0 Å². The van der Waals surface area contributed by atoms with Gasteiger partial charge in [-0.3, -0.25) is 9.00 Å². The topological polar surface area (TPSA) is 72.9 Å². The molecule has 6 nitrogen and oxygen atoms in total. The highest BCUT2D eigenvalue weighted by Gasteiger charge is 2.19. The van der Waals surface area contributed by atoms with Crippen LogP contribution in [0.2, 0.25) is 0 Å². The van der Waals surface area contributed by atoms with Gasteiger partial charge < -0.3 is 14.4 Å². The van der Waals surface area contributed by atoms with E-state index in [-0.39, 0.29) is 18.1 Å².